The van der Waals surface area contributed by atoms with E-state index in [1.54, 1.807) is 0 Å². The van der Waals surface area contributed by atoms with E-state index >= 15 is 0 Å². The van der Waals surface area contributed by atoms with Crippen LogP contribution in [0.3, 0.4) is 0 Å². The largest absolute Gasteiger partial charge is 0.391 e. The van der Waals surface area contributed by atoms with Crippen LogP contribution in [0.25, 0.3) is 0 Å². The first-order valence-electron chi connectivity index (χ1n) is 7.01. The number of hydrogen-bond acceptors (Lipinski definition) is 2. The molecule has 2 rings (SSSR count). The number of thiocarbonyl (C=S) groups is 1. The van der Waals surface area contributed by atoms with Gasteiger partial charge in [-0.2, -0.15) is 0 Å². The minimum atomic E-state index is -0.327. The Hall–Kier alpha value is -1.39. The Morgan fingerprint density at radius 3 is 2.75 bits per heavy atom. The fourth-order valence-electron chi connectivity index (χ4n) is 2.68. The summed E-state index contributed by atoms with van der Waals surface area (Å²) in [7, 11) is 1.94. The van der Waals surface area contributed by atoms with Gasteiger partial charge in [0.1, 0.15) is 0 Å². The third-order valence-electron chi connectivity index (χ3n) is 4.00. The smallest absolute Gasteiger partial charge is 0.173 e. The van der Waals surface area contributed by atoms with E-state index in [1.807, 2.05) is 48.4 Å². The summed E-state index contributed by atoms with van der Waals surface area (Å²) < 4.78 is 0. The Labute approximate surface area is 126 Å². The molecule has 0 heterocycles. The van der Waals surface area contributed by atoms with E-state index in [-0.39, 0.29) is 12.1 Å². The molecule has 0 saturated heterocycles. The van der Waals surface area contributed by atoms with Gasteiger partial charge in [0.15, 0.2) is 5.11 Å². The molecular formula is C16H22N2OS. The number of hydrogen-bond donors (Lipinski definition) is 2. The molecule has 1 aliphatic rings. The maximum absolute atomic E-state index is 10.2. The van der Waals surface area contributed by atoms with Crippen LogP contribution in [0.15, 0.2) is 43.0 Å². The standard InChI is InChI=1S/C16H22N2OS/c1-3-12-9-10-15(19)14(11-12)18(2)16(20)17-13-7-5-4-6-8-13/h3-8,12,14-15,19H,1,9-11H2,2H3,(H,17,20)/t12-,14+,15+/m1/s1. The monoisotopic (exact) mass is 290 g/mol. The number of rotatable bonds is 3. The van der Waals surface area contributed by atoms with Crippen LogP contribution in [0.5, 0.6) is 0 Å². The third kappa shape index (κ3) is 3.58. The Morgan fingerprint density at radius 1 is 1.40 bits per heavy atom. The molecule has 20 heavy (non-hydrogen) atoms. The average Bonchev–Trinajstić information content (AvgIpc) is 2.48. The SMILES string of the molecule is C=C[C@@H]1CC[C@H](O)[C@@H](N(C)C(=S)Nc2ccccc2)C1. The Balaban J connectivity index is 2.00. The first-order chi connectivity index (χ1) is 9.61. The van der Waals surface area contributed by atoms with Crippen molar-refractivity contribution in [3.8, 4) is 0 Å². The third-order valence-corrected chi connectivity index (χ3v) is 4.39. The molecule has 0 aliphatic heterocycles. The number of likely N-dealkylation sites (N-methyl/N-ethyl adjacent to an activating group) is 1. The molecule has 0 spiro atoms. The highest BCUT2D eigenvalue weighted by Crippen LogP contribution is 2.28. The molecule has 0 radical (unpaired) electrons. The summed E-state index contributed by atoms with van der Waals surface area (Å²) in [4.78, 5) is 1.97. The lowest BCUT2D eigenvalue weighted by Gasteiger charge is -2.39. The molecule has 1 saturated carbocycles. The molecule has 2 N–H and O–H groups in total. The Kier molecular flexibility index (Phi) is 5.15. The van der Waals surface area contributed by atoms with E-state index in [0.29, 0.717) is 11.0 Å². The fraction of sp³-hybridized carbons (Fsp3) is 0.438. The van der Waals surface area contributed by atoms with Crippen LogP contribution in [-0.4, -0.2) is 34.3 Å². The van der Waals surface area contributed by atoms with Crippen LogP contribution in [0.1, 0.15) is 19.3 Å². The lowest BCUT2D eigenvalue weighted by molar-refractivity contribution is 0.0483. The van der Waals surface area contributed by atoms with E-state index in [2.05, 4.69) is 11.9 Å². The molecule has 4 heteroatoms. The van der Waals surface area contributed by atoms with Gasteiger partial charge >= 0.3 is 0 Å². The van der Waals surface area contributed by atoms with E-state index in [9.17, 15) is 5.11 Å². The van der Waals surface area contributed by atoms with Gasteiger partial charge in [-0.15, -0.1) is 6.58 Å². The molecule has 0 amide bonds. The quantitative estimate of drug-likeness (QED) is 0.662. The zero-order valence-electron chi connectivity index (χ0n) is 11.8. The predicted molar refractivity (Wildman–Crippen MR) is 87.8 cm³/mol. The fourth-order valence-corrected chi connectivity index (χ4v) is 2.93. The van der Waals surface area contributed by atoms with E-state index in [1.165, 1.54) is 0 Å². The van der Waals surface area contributed by atoms with Gasteiger partial charge in [0.05, 0.1) is 12.1 Å². The zero-order chi connectivity index (χ0) is 14.5. The van der Waals surface area contributed by atoms with Gasteiger partial charge in [-0.25, -0.2) is 0 Å². The van der Waals surface area contributed by atoms with Gasteiger partial charge in [-0.05, 0) is 49.5 Å². The Bertz CT molecular complexity index is 463. The van der Waals surface area contributed by atoms with Crippen LogP contribution in [-0.2, 0) is 0 Å². The summed E-state index contributed by atoms with van der Waals surface area (Å²) in [6.07, 6.45) is 4.37. The molecule has 0 unspecified atom stereocenters. The van der Waals surface area contributed by atoms with Crippen molar-refractivity contribution in [3.05, 3.63) is 43.0 Å². The van der Waals surface area contributed by atoms with Crippen LogP contribution in [0.4, 0.5) is 5.69 Å². The number of aliphatic hydroxyl groups excluding tert-OH is 1. The molecule has 3 atom stereocenters. The lowest BCUT2D eigenvalue weighted by atomic mass is 9.83. The highest BCUT2D eigenvalue weighted by molar-refractivity contribution is 7.80. The topological polar surface area (TPSA) is 35.5 Å². The minimum Gasteiger partial charge on any atom is -0.391 e. The highest BCUT2D eigenvalue weighted by atomic mass is 32.1. The van der Waals surface area contributed by atoms with Crippen molar-refractivity contribution in [1.82, 2.24) is 4.90 Å². The van der Waals surface area contributed by atoms with Crippen LogP contribution >= 0.6 is 12.2 Å². The van der Waals surface area contributed by atoms with Gasteiger partial charge < -0.3 is 15.3 Å². The summed E-state index contributed by atoms with van der Waals surface area (Å²) in [5.74, 6) is 0.463. The molecular weight excluding hydrogens is 268 g/mol. The second-order valence-electron chi connectivity index (χ2n) is 5.35. The van der Waals surface area contributed by atoms with Crippen LogP contribution in [0.2, 0.25) is 0 Å². The van der Waals surface area contributed by atoms with E-state index < -0.39 is 0 Å². The molecule has 1 aromatic rings. The lowest BCUT2D eigenvalue weighted by Crippen LogP contribution is -2.49. The van der Waals surface area contributed by atoms with Crippen molar-refractivity contribution in [1.29, 1.82) is 0 Å². The number of allylic oxidation sites excluding steroid dienone is 1. The summed E-state index contributed by atoms with van der Waals surface area (Å²) in [6.45, 7) is 3.87. The first kappa shape index (κ1) is 15.0. The van der Waals surface area contributed by atoms with E-state index in [4.69, 9.17) is 12.2 Å². The molecule has 3 nitrogen and oxygen atoms in total. The van der Waals surface area contributed by atoms with Crippen LogP contribution < -0.4 is 5.32 Å². The number of para-hydroxylation sites is 1. The maximum Gasteiger partial charge on any atom is 0.173 e. The van der Waals surface area contributed by atoms with Crippen LogP contribution in [0, 0.1) is 5.92 Å². The van der Waals surface area contributed by atoms with Gasteiger partial charge in [0.25, 0.3) is 0 Å². The summed E-state index contributed by atoms with van der Waals surface area (Å²) in [5.41, 5.74) is 0.968. The van der Waals surface area contributed by atoms with Crippen molar-refractivity contribution in [3.63, 3.8) is 0 Å². The zero-order valence-corrected chi connectivity index (χ0v) is 12.6. The van der Waals surface area contributed by atoms with Gasteiger partial charge in [0.2, 0.25) is 0 Å². The van der Waals surface area contributed by atoms with Crippen molar-refractivity contribution in [2.45, 2.75) is 31.4 Å². The number of nitrogens with zero attached hydrogens (tertiary/aromatic N) is 1. The summed E-state index contributed by atoms with van der Waals surface area (Å²) in [6, 6.07) is 9.91. The molecule has 0 bridgehead atoms. The van der Waals surface area contributed by atoms with Crippen molar-refractivity contribution in [2.24, 2.45) is 5.92 Å². The highest BCUT2D eigenvalue weighted by Gasteiger charge is 2.31. The van der Waals surface area contributed by atoms with Gasteiger partial charge in [0, 0.05) is 12.7 Å². The molecule has 1 fully saturated rings. The van der Waals surface area contributed by atoms with Crippen molar-refractivity contribution < 1.29 is 5.11 Å². The van der Waals surface area contributed by atoms with Gasteiger partial charge in [-0.3, -0.25) is 0 Å². The van der Waals surface area contributed by atoms with Crippen molar-refractivity contribution >= 4 is 23.0 Å². The molecule has 108 valence electrons. The normalized spacial score (nSPS) is 25.8. The number of nitrogens with one attached hydrogen (secondary N) is 1. The van der Waals surface area contributed by atoms with E-state index in [0.717, 1.165) is 24.9 Å². The second-order valence-corrected chi connectivity index (χ2v) is 5.74. The predicted octanol–water partition coefficient (Wildman–Crippen LogP) is 3.03. The summed E-state index contributed by atoms with van der Waals surface area (Å²) >= 11 is 5.45. The average molecular weight is 290 g/mol. The van der Waals surface area contributed by atoms with Crippen molar-refractivity contribution in [2.75, 3.05) is 12.4 Å². The molecule has 1 aromatic carbocycles. The Morgan fingerprint density at radius 2 is 2.10 bits per heavy atom. The molecule has 1 aliphatic carbocycles. The number of benzene rings is 1. The second kappa shape index (κ2) is 6.86. The number of anilines is 1. The number of aliphatic hydroxyl groups is 1. The maximum atomic E-state index is 10.2. The first-order valence-corrected chi connectivity index (χ1v) is 7.42. The molecule has 0 aromatic heterocycles. The van der Waals surface area contributed by atoms with Gasteiger partial charge in [-0.1, -0.05) is 24.3 Å². The minimum absolute atomic E-state index is 0.0514. The summed E-state index contributed by atoms with van der Waals surface area (Å²) in [5, 5.41) is 14.1.